The van der Waals surface area contributed by atoms with Crippen LogP contribution in [0, 0.1) is 10.1 Å². The fourth-order valence-electron chi connectivity index (χ4n) is 2.92. The summed E-state index contributed by atoms with van der Waals surface area (Å²) in [6.07, 6.45) is 0.638. The van der Waals surface area contributed by atoms with Gasteiger partial charge in [0.25, 0.3) is 5.69 Å². The van der Waals surface area contributed by atoms with Crippen LogP contribution in [0.4, 0.5) is 5.69 Å². The lowest BCUT2D eigenvalue weighted by atomic mass is 10.1. The summed E-state index contributed by atoms with van der Waals surface area (Å²) in [7, 11) is 0. The van der Waals surface area contributed by atoms with Crippen molar-refractivity contribution >= 4 is 34.6 Å². The molecule has 0 radical (unpaired) electrons. The van der Waals surface area contributed by atoms with Gasteiger partial charge in [-0.1, -0.05) is 48.2 Å². The number of ketones is 1. The molecule has 0 amide bonds. The third-order valence-electron chi connectivity index (χ3n) is 4.34. The van der Waals surface area contributed by atoms with Crippen LogP contribution in [0.1, 0.15) is 21.1 Å². The number of hydrogen-bond donors (Lipinski definition) is 0. The zero-order valence-electron chi connectivity index (χ0n) is 15.7. The third-order valence-corrected chi connectivity index (χ3v) is 6.14. The van der Waals surface area contributed by atoms with Gasteiger partial charge in [-0.25, -0.2) is 0 Å². The Balaban J connectivity index is 1.58. The first-order valence-electron chi connectivity index (χ1n) is 9.04. The van der Waals surface area contributed by atoms with E-state index in [-0.39, 0.29) is 17.2 Å². The van der Waals surface area contributed by atoms with Gasteiger partial charge in [-0.05, 0) is 23.6 Å². The number of carbonyl (C=O) groups is 1. The van der Waals surface area contributed by atoms with Gasteiger partial charge < -0.3 is 0 Å². The molecule has 2 heterocycles. The van der Waals surface area contributed by atoms with E-state index >= 15 is 0 Å². The van der Waals surface area contributed by atoms with E-state index in [1.807, 2.05) is 52.4 Å². The number of thioether (sulfide) groups is 1. The number of hydrogen-bond acceptors (Lipinski definition) is 7. The van der Waals surface area contributed by atoms with Gasteiger partial charge in [0.2, 0.25) is 0 Å². The number of Topliss-reactive ketones (excluding diaryl/α,β-unsaturated/α-hetero) is 1. The maximum atomic E-state index is 12.6. The van der Waals surface area contributed by atoms with E-state index in [1.54, 1.807) is 17.4 Å². The molecule has 0 spiro atoms. The number of aromatic nitrogens is 3. The second-order valence-corrected chi connectivity index (χ2v) is 8.32. The quantitative estimate of drug-likeness (QED) is 0.170. The number of rotatable bonds is 8. The molecule has 0 aliphatic carbocycles. The SMILES string of the molecule is O=C(CSc1nnc(Cc2cccs2)n1-c1ccccc1)c1cccc([N+](=O)[O-])c1. The second-order valence-electron chi connectivity index (χ2n) is 6.35. The van der Waals surface area contributed by atoms with Crippen LogP contribution in [0.15, 0.2) is 77.3 Å². The van der Waals surface area contributed by atoms with Crippen molar-refractivity contribution in [1.29, 1.82) is 0 Å². The molecule has 0 unspecified atom stereocenters. The van der Waals surface area contributed by atoms with Gasteiger partial charge in [0.15, 0.2) is 10.9 Å². The Morgan fingerprint density at radius 2 is 1.90 bits per heavy atom. The minimum Gasteiger partial charge on any atom is -0.293 e. The highest BCUT2D eigenvalue weighted by Gasteiger charge is 2.18. The average Bonchev–Trinajstić information content (AvgIpc) is 3.43. The summed E-state index contributed by atoms with van der Waals surface area (Å²) in [5.74, 6) is 0.686. The van der Waals surface area contributed by atoms with Crippen LogP contribution in [-0.2, 0) is 6.42 Å². The Kier molecular flexibility index (Phi) is 6.01. The van der Waals surface area contributed by atoms with E-state index in [0.717, 1.165) is 11.5 Å². The molecule has 4 aromatic rings. The molecule has 0 saturated heterocycles. The van der Waals surface area contributed by atoms with Gasteiger partial charge in [0.1, 0.15) is 5.82 Å². The standard InChI is InChI=1S/C21H16N4O3S2/c26-19(15-6-4-9-17(12-15)25(27)28)14-30-21-23-22-20(13-18-10-5-11-29-18)24(21)16-7-2-1-3-8-16/h1-12H,13-14H2. The molecule has 30 heavy (non-hydrogen) atoms. The minimum absolute atomic E-state index is 0.100. The number of carbonyl (C=O) groups excluding carboxylic acids is 1. The van der Waals surface area contributed by atoms with Gasteiger partial charge in [-0.3, -0.25) is 19.5 Å². The van der Waals surface area contributed by atoms with Crippen molar-refractivity contribution in [2.75, 3.05) is 5.75 Å². The first kappa shape index (κ1) is 20.0. The Labute approximate surface area is 180 Å². The van der Waals surface area contributed by atoms with Gasteiger partial charge in [0.05, 0.1) is 10.7 Å². The molecule has 0 aliphatic rings. The molecule has 0 aliphatic heterocycles. The largest absolute Gasteiger partial charge is 0.293 e. The molecule has 9 heteroatoms. The summed E-state index contributed by atoms with van der Waals surface area (Å²) in [5, 5.41) is 22.2. The molecule has 4 rings (SSSR count). The maximum Gasteiger partial charge on any atom is 0.270 e. The van der Waals surface area contributed by atoms with Crippen molar-refractivity contribution in [2.24, 2.45) is 0 Å². The van der Waals surface area contributed by atoms with Gasteiger partial charge in [-0.15, -0.1) is 21.5 Å². The summed E-state index contributed by atoms with van der Waals surface area (Å²) >= 11 is 2.92. The molecule has 2 aromatic heterocycles. The topological polar surface area (TPSA) is 90.9 Å². The zero-order valence-corrected chi connectivity index (χ0v) is 17.3. The zero-order chi connectivity index (χ0) is 20.9. The summed E-state index contributed by atoms with van der Waals surface area (Å²) < 4.78 is 1.95. The highest BCUT2D eigenvalue weighted by atomic mass is 32.2. The van der Waals surface area contributed by atoms with Crippen LogP contribution in [0.5, 0.6) is 0 Å². The van der Waals surface area contributed by atoms with E-state index in [4.69, 9.17) is 0 Å². The lowest BCUT2D eigenvalue weighted by Gasteiger charge is -2.09. The molecular formula is C21H16N4O3S2. The van der Waals surface area contributed by atoms with E-state index in [1.165, 1.54) is 34.8 Å². The van der Waals surface area contributed by atoms with Crippen molar-refractivity contribution in [1.82, 2.24) is 14.8 Å². The summed E-state index contributed by atoms with van der Waals surface area (Å²) in [5.41, 5.74) is 1.12. The number of nitro groups is 1. The van der Waals surface area contributed by atoms with E-state index in [0.29, 0.717) is 17.1 Å². The predicted octanol–water partition coefficient (Wildman–Crippen LogP) is 4.80. The molecular weight excluding hydrogens is 420 g/mol. The molecule has 0 saturated carbocycles. The maximum absolute atomic E-state index is 12.6. The summed E-state index contributed by atoms with van der Waals surface area (Å²) in [4.78, 5) is 24.2. The number of thiophene rings is 1. The monoisotopic (exact) mass is 436 g/mol. The molecule has 2 aromatic carbocycles. The van der Waals surface area contributed by atoms with Crippen molar-refractivity contribution in [2.45, 2.75) is 11.6 Å². The Hall–Kier alpha value is -3.30. The van der Waals surface area contributed by atoms with Crippen LogP contribution < -0.4 is 0 Å². The van der Waals surface area contributed by atoms with Crippen LogP contribution in [0.25, 0.3) is 5.69 Å². The summed E-state index contributed by atoms with van der Waals surface area (Å²) in [6, 6.07) is 19.6. The van der Waals surface area contributed by atoms with Crippen LogP contribution in [0.3, 0.4) is 0 Å². The van der Waals surface area contributed by atoms with Crippen LogP contribution in [-0.4, -0.2) is 31.2 Å². The number of nitro benzene ring substituents is 1. The van der Waals surface area contributed by atoms with Gasteiger partial charge in [0, 0.05) is 34.7 Å². The lowest BCUT2D eigenvalue weighted by molar-refractivity contribution is -0.384. The Morgan fingerprint density at radius 1 is 1.07 bits per heavy atom. The van der Waals surface area contributed by atoms with Crippen molar-refractivity contribution in [3.63, 3.8) is 0 Å². The smallest absolute Gasteiger partial charge is 0.270 e. The summed E-state index contributed by atoms with van der Waals surface area (Å²) in [6.45, 7) is 0. The molecule has 150 valence electrons. The van der Waals surface area contributed by atoms with Crippen LogP contribution >= 0.6 is 23.1 Å². The fourth-order valence-corrected chi connectivity index (χ4v) is 4.49. The molecule has 0 atom stereocenters. The van der Waals surface area contributed by atoms with E-state index in [2.05, 4.69) is 10.2 Å². The average molecular weight is 437 g/mol. The van der Waals surface area contributed by atoms with E-state index < -0.39 is 4.92 Å². The number of para-hydroxylation sites is 1. The van der Waals surface area contributed by atoms with Gasteiger partial charge in [-0.2, -0.15) is 0 Å². The van der Waals surface area contributed by atoms with Crippen molar-refractivity contribution < 1.29 is 9.72 Å². The van der Waals surface area contributed by atoms with Crippen LogP contribution in [0.2, 0.25) is 0 Å². The fraction of sp³-hybridized carbons (Fsp3) is 0.0952. The highest BCUT2D eigenvalue weighted by Crippen LogP contribution is 2.25. The number of non-ortho nitro benzene ring substituents is 1. The normalized spacial score (nSPS) is 10.8. The predicted molar refractivity (Wildman–Crippen MR) is 117 cm³/mol. The molecule has 0 N–H and O–H groups in total. The highest BCUT2D eigenvalue weighted by molar-refractivity contribution is 7.99. The van der Waals surface area contributed by atoms with Gasteiger partial charge >= 0.3 is 0 Å². The van der Waals surface area contributed by atoms with Crippen molar-refractivity contribution in [3.8, 4) is 5.69 Å². The van der Waals surface area contributed by atoms with Crippen molar-refractivity contribution in [3.05, 3.63) is 98.5 Å². The second kappa shape index (κ2) is 9.02. The Morgan fingerprint density at radius 3 is 2.63 bits per heavy atom. The third kappa shape index (κ3) is 4.47. The lowest BCUT2D eigenvalue weighted by Crippen LogP contribution is -2.06. The van der Waals surface area contributed by atoms with E-state index in [9.17, 15) is 14.9 Å². The molecule has 0 fully saturated rings. The first-order chi connectivity index (χ1) is 14.6. The molecule has 7 nitrogen and oxygen atoms in total. The minimum atomic E-state index is -0.507. The number of benzene rings is 2. The molecule has 0 bridgehead atoms. The number of nitrogens with zero attached hydrogens (tertiary/aromatic N) is 4. The Bertz CT molecular complexity index is 1170. The first-order valence-corrected chi connectivity index (χ1v) is 10.9.